The highest BCUT2D eigenvalue weighted by Gasteiger charge is 2.56. The molecule has 2 saturated heterocycles. The summed E-state index contributed by atoms with van der Waals surface area (Å²) in [4.78, 5) is 69.0. The van der Waals surface area contributed by atoms with Crippen molar-refractivity contribution in [2.45, 2.75) is 108 Å². The first-order valence-corrected chi connectivity index (χ1v) is 16.6. The van der Waals surface area contributed by atoms with Gasteiger partial charge >= 0.3 is 0 Å². The van der Waals surface area contributed by atoms with E-state index in [1.807, 2.05) is 31.2 Å². The number of Topliss-reactive ketones (excluding diaryl/α,β-unsaturated/α-hetero) is 1. The Morgan fingerprint density at radius 3 is 2.67 bits per heavy atom. The zero-order valence-electron chi connectivity index (χ0n) is 26.5. The number of ketones is 1. The smallest absolute Gasteiger partial charge is 0.289 e. The van der Waals surface area contributed by atoms with E-state index in [1.165, 1.54) is 11.0 Å². The number of fused-ring (bicyclic) bond motifs is 7. The Morgan fingerprint density at radius 1 is 1.11 bits per heavy atom. The molecule has 6 bridgehead atoms. The largest absolute Gasteiger partial charge is 0.494 e. The fourth-order valence-corrected chi connectivity index (χ4v) is 6.98. The van der Waals surface area contributed by atoms with Crippen LogP contribution in [0.2, 0.25) is 0 Å². The van der Waals surface area contributed by atoms with E-state index in [-0.39, 0.29) is 43.7 Å². The Labute approximate surface area is 269 Å². The van der Waals surface area contributed by atoms with E-state index in [2.05, 4.69) is 22.5 Å². The molecular weight excluding hydrogens is 592 g/mol. The van der Waals surface area contributed by atoms with Crippen LogP contribution >= 0.6 is 0 Å². The van der Waals surface area contributed by atoms with E-state index in [0.29, 0.717) is 31.6 Å². The van der Waals surface area contributed by atoms with Crippen molar-refractivity contribution in [3.8, 4) is 5.75 Å². The Kier molecular flexibility index (Phi) is 11.5. The summed E-state index contributed by atoms with van der Waals surface area (Å²) in [5.41, 5.74) is 0.769. The molecule has 1 saturated carbocycles. The van der Waals surface area contributed by atoms with Crippen LogP contribution in [0, 0.1) is 5.92 Å². The van der Waals surface area contributed by atoms with E-state index in [1.54, 1.807) is 0 Å². The van der Waals surface area contributed by atoms with Gasteiger partial charge in [-0.25, -0.2) is 0 Å². The van der Waals surface area contributed by atoms with Gasteiger partial charge in [-0.2, -0.15) is 0 Å². The lowest BCUT2D eigenvalue weighted by atomic mass is 9.83. The van der Waals surface area contributed by atoms with Crippen LogP contribution in [0.3, 0.4) is 0 Å². The number of nitrogens with one attached hydrogen (secondary N) is 3. The van der Waals surface area contributed by atoms with Crippen LogP contribution in [0.5, 0.6) is 5.75 Å². The number of rotatable bonds is 9. The Balaban J connectivity index is 1.43. The van der Waals surface area contributed by atoms with E-state index in [9.17, 15) is 24.0 Å². The minimum atomic E-state index is -1.11. The van der Waals surface area contributed by atoms with Gasteiger partial charge in [-0.15, -0.1) is 6.58 Å². The number of amides is 4. The van der Waals surface area contributed by atoms with Crippen LogP contribution in [0.25, 0.3) is 0 Å². The van der Waals surface area contributed by atoms with Gasteiger partial charge in [0, 0.05) is 13.0 Å². The highest BCUT2D eigenvalue weighted by atomic mass is 16.7. The normalized spacial score (nSPS) is 27.7. The highest BCUT2D eigenvalue weighted by Crippen LogP contribution is 2.36. The zero-order valence-corrected chi connectivity index (χ0v) is 26.5. The van der Waals surface area contributed by atoms with Crippen LogP contribution in [0.1, 0.15) is 70.3 Å². The number of hydrogen-bond acceptors (Lipinski definition) is 8. The Morgan fingerprint density at radius 2 is 1.91 bits per heavy atom. The van der Waals surface area contributed by atoms with Crippen molar-refractivity contribution < 1.29 is 38.2 Å². The van der Waals surface area contributed by atoms with Gasteiger partial charge in [-0.3, -0.25) is 24.0 Å². The molecular formula is C34H46N4O8. The second kappa shape index (κ2) is 15.7. The first-order chi connectivity index (χ1) is 22.3. The standard InChI is InChI=1S/C34H46N4O8/c1-3-10-24(30(40)33(42)35-16-4-2)36-32(41)29-31-25-20-38(29)34(43)28(22-12-6-5-7-13-22)37-26(39)19-21-11-8-14-23(18-21)44-17-9-15-27(45-25)46-31/h4,8,11,14,18,22,24-25,27-29,31H,2-3,5-7,9-10,12-13,15-17,19-20H2,1H3,(H,35,42)(H,36,41)(H,37,39)/t24?,25-,27?,28-,29-,31-/m0/s1. The van der Waals surface area contributed by atoms with Crippen molar-refractivity contribution >= 4 is 29.4 Å². The number of carbonyl (C=O) groups excluding carboxylic acids is 5. The summed E-state index contributed by atoms with van der Waals surface area (Å²) in [5, 5.41) is 8.26. The summed E-state index contributed by atoms with van der Waals surface area (Å²) < 4.78 is 18.4. The van der Waals surface area contributed by atoms with E-state index in [4.69, 9.17) is 14.2 Å². The molecule has 1 aliphatic carbocycles. The summed E-state index contributed by atoms with van der Waals surface area (Å²) in [7, 11) is 0. The molecule has 0 aromatic heterocycles. The lowest BCUT2D eigenvalue weighted by Gasteiger charge is -2.35. The molecule has 2 unspecified atom stereocenters. The molecule has 6 atom stereocenters. The number of hydrogen-bond donors (Lipinski definition) is 3. The number of ether oxygens (including phenoxy) is 3. The molecule has 1 aromatic carbocycles. The lowest BCUT2D eigenvalue weighted by molar-refractivity contribution is -0.151. The summed E-state index contributed by atoms with van der Waals surface area (Å²) in [5.74, 6) is -2.29. The van der Waals surface area contributed by atoms with Crippen molar-refractivity contribution in [2.24, 2.45) is 5.92 Å². The van der Waals surface area contributed by atoms with Crippen molar-refractivity contribution in [3.63, 3.8) is 0 Å². The third-order valence-corrected chi connectivity index (χ3v) is 9.24. The minimum Gasteiger partial charge on any atom is -0.494 e. The zero-order chi connectivity index (χ0) is 32.6. The summed E-state index contributed by atoms with van der Waals surface area (Å²) in [6.07, 6.45) is 6.00. The quantitative estimate of drug-likeness (QED) is 0.274. The van der Waals surface area contributed by atoms with E-state index in [0.717, 1.165) is 37.7 Å². The number of benzene rings is 1. The molecule has 1 aromatic rings. The fourth-order valence-electron chi connectivity index (χ4n) is 6.98. The molecule has 46 heavy (non-hydrogen) atoms. The van der Waals surface area contributed by atoms with Crippen molar-refractivity contribution in [1.29, 1.82) is 0 Å². The second-order valence-electron chi connectivity index (χ2n) is 12.6. The topological polar surface area (TPSA) is 152 Å². The number of carbonyl (C=O) groups is 5. The molecule has 4 aliphatic heterocycles. The molecule has 3 N–H and O–H groups in total. The van der Waals surface area contributed by atoms with Crippen molar-refractivity contribution in [1.82, 2.24) is 20.9 Å². The van der Waals surface area contributed by atoms with Crippen LogP contribution < -0.4 is 20.7 Å². The molecule has 12 heteroatoms. The average Bonchev–Trinajstić information content (AvgIpc) is 3.61. The van der Waals surface area contributed by atoms with Crippen LogP contribution in [-0.4, -0.2) is 90.6 Å². The molecule has 6 rings (SSSR count). The molecule has 3 fully saturated rings. The van der Waals surface area contributed by atoms with Crippen molar-refractivity contribution in [3.05, 3.63) is 42.5 Å². The molecule has 4 heterocycles. The van der Waals surface area contributed by atoms with Crippen LogP contribution in [0.15, 0.2) is 36.9 Å². The van der Waals surface area contributed by atoms with Gasteiger partial charge in [0.1, 0.15) is 30.0 Å². The first-order valence-electron chi connectivity index (χ1n) is 16.6. The fraction of sp³-hybridized carbons (Fsp3) is 0.618. The van der Waals surface area contributed by atoms with Crippen molar-refractivity contribution in [2.75, 3.05) is 19.7 Å². The molecule has 250 valence electrons. The third kappa shape index (κ3) is 7.95. The lowest BCUT2D eigenvalue weighted by Crippen LogP contribution is -2.60. The Bertz CT molecular complexity index is 1300. The molecule has 0 spiro atoms. The van der Waals surface area contributed by atoms with Gasteiger partial charge in [-0.05, 0) is 49.3 Å². The Hall–Kier alpha value is -3.77. The molecule has 5 aliphatic rings. The summed E-state index contributed by atoms with van der Waals surface area (Å²) in [6.45, 7) is 6.02. The maximum Gasteiger partial charge on any atom is 0.289 e. The second-order valence-corrected chi connectivity index (χ2v) is 12.6. The van der Waals surface area contributed by atoms with Gasteiger partial charge < -0.3 is 35.1 Å². The monoisotopic (exact) mass is 638 g/mol. The van der Waals surface area contributed by atoms with Gasteiger partial charge in [0.05, 0.1) is 25.6 Å². The average molecular weight is 639 g/mol. The van der Waals surface area contributed by atoms with Gasteiger partial charge in [-0.1, -0.05) is 50.8 Å². The van der Waals surface area contributed by atoms with Crippen LogP contribution in [0.4, 0.5) is 0 Å². The molecule has 12 nitrogen and oxygen atoms in total. The summed E-state index contributed by atoms with van der Waals surface area (Å²) in [6, 6.07) is 4.33. The third-order valence-electron chi connectivity index (χ3n) is 9.24. The predicted molar refractivity (Wildman–Crippen MR) is 167 cm³/mol. The van der Waals surface area contributed by atoms with Crippen LogP contribution in [-0.2, 0) is 39.9 Å². The van der Waals surface area contributed by atoms with Gasteiger partial charge in [0.25, 0.3) is 5.91 Å². The SMILES string of the molecule is C=CCNC(=O)C(=O)C(CCC)NC(=O)[C@@H]1[C@H]2OC3CCCOc4cccc(c4)CC(=O)N[C@@H](C4CCCCC4)C(=O)N1C[C@@H]2O3. The van der Waals surface area contributed by atoms with E-state index < -0.39 is 54.2 Å². The highest BCUT2D eigenvalue weighted by molar-refractivity contribution is 6.38. The van der Waals surface area contributed by atoms with E-state index >= 15 is 0 Å². The number of nitrogens with zero attached hydrogens (tertiary/aromatic N) is 1. The van der Waals surface area contributed by atoms with Gasteiger partial charge in [0.2, 0.25) is 23.5 Å². The molecule has 0 radical (unpaired) electrons. The minimum absolute atomic E-state index is 0.0753. The summed E-state index contributed by atoms with van der Waals surface area (Å²) >= 11 is 0. The predicted octanol–water partition coefficient (Wildman–Crippen LogP) is 1.94. The maximum absolute atomic E-state index is 14.5. The first kappa shape index (κ1) is 33.6. The maximum atomic E-state index is 14.5. The van der Waals surface area contributed by atoms with Gasteiger partial charge in [0.15, 0.2) is 6.29 Å². The molecule has 4 amide bonds.